The molecule has 0 bridgehead atoms. The van der Waals surface area contributed by atoms with Crippen LogP contribution in [0.1, 0.15) is 61.7 Å². The highest BCUT2D eigenvalue weighted by Crippen LogP contribution is 2.27. The maximum atomic E-state index is 11.8. The molecule has 21 heavy (non-hydrogen) atoms. The number of carbonyl (C=O) groups excluding carboxylic acids is 1. The molecular formula is C18H28N2O. The zero-order chi connectivity index (χ0) is 14.9. The maximum Gasteiger partial charge on any atom is 0.164 e. The van der Waals surface area contributed by atoms with Crippen molar-refractivity contribution in [1.82, 2.24) is 0 Å². The molecule has 0 saturated heterocycles. The zero-order valence-electron chi connectivity index (χ0n) is 12.9. The van der Waals surface area contributed by atoms with Gasteiger partial charge in [0, 0.05) is 24.2 Å². The van der Waals surface area contributed by atoms with Crippen LogP contribution < -0.4 is 11.1 Å². The quantitative estimate of drug-likeness (QED) is 0.562. The van der Waals surface area contributed by atoms with E-state index in [1.807, 2.05) is 24.3 Å². The van der Waals surface area contributed by atoms with Crippen LogP contribution in [0.2, 0.25) is 0 Å². The van der Waals surface area contributed by atoms with E-state index in [0.29, 0.717) is 13.0 Å². The fraction of sp³-hybridized carbons (Fsp3) is 0.611. The molecule has 0 unspecified atom stereocenters. The summed E-state index contributed by atoms with van der Waals surface area (Å²) in [6.45, 7) is 1.41. The van der Waals surface area contributed by atoms with Gasteiger partial charge in [-0.2, -0.15) is 0 Å². The standard InChI is InChI=1S/C18H28N2O/c19-12-11-18(21)16-9-4-10-17(14-16)20-13-5-8-15-6-2-1-3-7-15/h4,9-10,14-15,20H,1-3,5-8,11-13,19H2. The van der Waals surface area contributed by atoms with E-state index in [9.17, 15) is 4.79 Å². The van der Waals surface area contributed by atoms with Crippen molar-refractivity contribution in [2.24, 2.45) is 11.7 Å². The maximum absolute atomic E-state index is 11.8. The molecule has 0 heterocycles. The van der Waals surface area contributed by atoms with Crippen LogP contribution in [0, 0.1) is 5.92 Å². The summed E-state index contributed by atoms with van der Waals surface area (Å²) in [5.74, 6) is 1.07. The Kier molecular flexibility index (Phi) is 6.74. The van der Waals surface area contributed by atoms with E-state index < -0.39 is 0 Å². The normalized spacial score (nSPS) is 15.9. The Morgan fingerprint density at radius 1 is 1.24 bits per heavy atom. The number of hydrogen-bond donors (Lipinski definition) is 2. The van der Waals surface area contributed by atoms with E-state index in [1.54, 1.807) is 0 Å². The summed E-state index contributed by atoms with van der Waals surface area (Å²) in [6, 6.07) is 7.77. The Hall–Kier alpha value is -1.35. The number of anilines is 1. The van der Waals surface area contributed by atoms with Gasteiger partial charge in [-0.05, 0) is 37.4 Å². The van der Waals surface area contributed by atoms with Crippen LogP contribution in [0.25, 0.3) is 0 Å². The average molecular weight is 288 g/mol. The fourth-order valence-electron chi connectivity index (χ4n) is 3.18. The molecule has 1 aliphatic rings. The summed E-state index contributed by atoms with van der Waals surface area (Å²) >= 11 is 0. The Bertz CT molecular complexity index is 439. The van der Waals surface area contributed by atoms with Gasteiger partial charge < -0.3 is 11.1 Å². The second-order valence-corrected chi connectivity index (χ2v) is 6.12. The summed E-state index contributed by atoms with van der Waals surface area (Å²) in [5, 5.41) is 3.44. The first-order valence-corrected chi connectivity index (χ1v) is 8.37. The van der Waals surface area contributed by atoms with Crippen LogP contribution in [0.3, 0.4) is 0 Å². The SMILES string of the molecule is NCCC(=O)c1cccc(NCCCC2CCCCC2)c1. The van der Waals surface area contributed by atoms with Crippen LogP contribution >= 0.6 is 0 Å². The molecule has 3 heteroatoms. The van der Waals surface area contributed by atoms with Crippen LogP contribution in [0.4, 0.5) is 5.69 Å². The van der Waals surface area contributed by atoms with Gasteiger partial charge in [-0.15, -0.1) is 0 Å². The molecule has 3 nitrogen and oxygen atoms in total. The molecule has 116 valence electrons. The first-order valence-electron chi connectivity index (χ1n) is 8.37. The number of carbonyl (C=O) groups is 1. The van der Waals surface area contributed by atoms with Crippen molar-refractivity contribution in [2.75, 3.05) is 18.4 Å². The minimum Gasteiger partial charge on any atom is -0.385 e. The third-order valence-electron chi connectivity index (χ3n) is 4.40. The zero-order valence-corrected chi connectivity index (χ0v) is 12.9. The van der Waals surface area contributed by atoms with Gasteiger partial charge in [-0.25, -0.2) is 0 Å². The number of nitrogens with one attached hydrogen (secondary N) is 1. The molecule has 1 fully saturated rings. The molecule has 1 saturated carbocycles. The van der Waals surface area contributed by atoms with Gasteiger partial charge in [-0.3, -0.25) is 4.79 Å². The van der Waals surface area contributed by atoms with Gasteiger partial charge in [0.25, 0.3) is 0 Å². The first kappa shape index (κ1) is 16.0. The predicted molar refractivity (Wildman–Crippen MR) is 88.7 cm³/mol. The molecule has 1 aliphatic carbocycles. The minimum absolute atomic E-state index is 0.128. The Balaban J connectivity index is 1.72. The van der Waals surface area contributed by atoms with Crippen molar-refractivity contribution in [3.8, 4) is 0 Å². The predicted octanol–water partition coefficient (Wildman–Crippen LogP) is 3.99. The minimum atomic E-state index is 0.128. The smallest absolute Gasteiger partial charge is 0.164 e. The second kappa shape index (κ2) is 8.83. The summed E-state index contributed by atoms with van der Waals surface area (Å²) in [6.07, 6.45) is 10.1. The van der Waals surface area contributed by atoms with Crippen molar-refractivity contribution in [3.63, 3.8) is 0 Å². The van der Waals surface area contributed by atoms with Gasteiger partial charge in [0.2, 0.25) is 0 Å². The van der Waals surface area contributed by atoms with Gasteiger partial charge >= 0.3 is 0 Å². The molecular weight excluding hydrogens is 260 g/mol. The van der Waals surface area contributed by atoms with Crippen LogP contribution in [0.5, 0.6) is 0 Å². The number of rotatable bonds is 8. The van der Waals surface area contributed by atoms with Crippen molar-refractivity contribution in [1.29, 1.82) is 0 Å². The number of nitrogens with two attached hydrogens (primary N) is 1. The number of ketones is 1. The van der Waals surface area contributed by atoms with E-state index >= 15 is 0 Å². The van der Waals surface area contributed by atoms with Gasteiger partial charge in [0.05, 0.1) is 0 Å². The largest absolute Gasteiger partial charge is 0.385 e. The van der Waals surface area contributed by atoms with Crippen LogP contribution in [-0.4, -0.2) is 18.9 Å². The number of Topliss-reactive ketones (excluding diaryl/α,β-unsaturated/α-hetero) is 1. The van der Waals surface area contributed by atoms with Crippen molar-refractivity contribution >= 4 is 11.5 Å². The lowest BCUT2D eigenvalue weighted by atomic mass is 9.86. The topological polar surface area (TPSA) is 55.1 Å². The molecule has 0 aliphatic heterocycles. The van der Waals surface area contributed by atoms with Crippen LogP contribution in [0.15, 0.2) is 24.3 Å². The lowest BCUT2D eigenvalue weighted by molar-refractivity contribution is 0.0985. The lowest BCUT2D eigenvalue weighted by Gasteiger charge is -2.21. The highest BCUT2D eigenvalue weighted by molar-refractivity contribution is 5.97. The van der Waals surface area contributed by atoms with E-state index in [4.69, 9.17) is 5.73 Å². The lowest BCUT2D eigenvalue weighted by Crippen LogP contribution is -2.10. The third kappa shape index (κ3) is 5.50. The number of hydrogen-bond acceptors (Lipinski definition) is 3. The Morgan fingerprint density at radius 3 is 2.81 bits per heavy atom. The molecule has 0 amide bonds. The van der Waals surface area contributed by atoms with Gasteiger partial charge in [0.15, 0.2) is 5.78 Å². The average Bonchev–Trinajstić information content (AvgIpc) is 2.53. The van der Waals surface area contributed by atoms with Crippen molar-refractivity contribution < 1.29 is 4.79 Å². The molecule has 1 aromatic rings. The fourth-order valence-corrected chi connectivity index (χ4v) is 3.18. The number of benzene rings is 1. The molecule has 1 aromatic carbocycles. The van der Waals surface area contributed by atoms with E-state index in [-0.39, 0.29) is 5.78 Å². The highest BCUT2D eigenvalue weighted by Gasteiger charge is 2.12. The van der Waals surface area contributed by atoms with E-state index in [1.165, 1.54) is 44.9 Å². The van der Waals surface area contributed by atoms with Gasteiger partial charge in [-0.1, -0.05) is 44.2 Å². The second-order valence-electron chi connectivity index (χ2n) is 6.12. The summed E-state index contributed by atoms with van der Waals surface area (Å²) in [5.41, 5.74) is 7.24. The van der Waals surface area contributed by atoms with Gasteiger partial charge in [0.1, 0.15) is 0 Å². The molecule has 3 N–H and O–H groups in total. The molecule has 0 aromatic heterocycles. The van der Waals surface area contributed by atoms with E-state index in [0.717, 1.165) is 23.7 Å². The first-order chi connectivity index (χ1) is 10.3. The molecule has 0 radical (unpaired) electrons. The molecule has 0 spiro atoms. The molecule has 2 rings (SSSR count). The van der Waals surface area contributed by atoms with Crippen molar-refractivity contribution in [3.05, 3.63) is 29.8 Å². The summed E-state index contributed by atoms with van der Waals surface area (Å²) < 4.78 is 0. The van der Waals surface area contributed by atoms with E-state index in [2.05, 4.69) is 5.32 Å². The van der Waals surface area contributed by atoms with Crippen molar-refractivity contribution in [2.45, 2.75) is 51.4 Å². The summed E-state index contributed by atoms with van der Waals surface area (Å²) in [4.78, 5) is 11.8. The highest BCUT2D eigenvalue weighted by atomic mass is 16.1. The monoisotopic (exact) mass is 288 g/mol. The Morgan fingerprint density at radius 2 is 2.05 bits per heavy atom. The summed E-state index contributed by atoms with van der Waals surface area (Å²) in [7, 11) is 0. The van der Waals surface area contributed by atoms with Crippen LogP contribution in [-0.2, 0) is 0 Å². The molecule has 0 atom stereocenters. The Labute approximate surface area is 128 Å². The third-order valence-corrected chi connectivity index (χ3v) is 4.40.